The number of rotatable bonds is 8. The van der Waals surface area contributed by atoms with Crippen LogP contribution in [-0.4, -0.2) is 0 Å². The predicted octanol–water partition coefficient (Wildman–Crippen LogP) is 9.41. The van der Waals surface area contributed by atoms with Crippen LogP contribution in [0, 0.1) is 35.4 Å². The normalized spacial score (nSPS) is 33.2. The van der Waals surface area contributed by atoms with Crippen molar-refractivity contribution in [3.63, 3.8) is 0 Å². The molecule has 0 spiro atoms. The number of hydrogen-bond acceptors (Lipinski definition) is 0. The number of benzene rings is 1. The fraction of sp³-hybridized carbons (Fsp3) is 0.677. The molecule has 4 atom stereocenters. The first kappa shape index (κ1) is 23.8. The minimum absolute atomic E-state index is 0.0369. The number of aryl methyl sites for hydroxylation is 1. The van der Waals surface area contributed by atoms with Crippen LogP contribution in [0.15, 0.2) is 43.0 Å². The third-order valence-corrected chi connectivity index (χ3v) is 9.33. The summed E-state index contributed by atoms with van der Waals surface area (Å²) in [6.07, 6.45) is 24.9. The van der Waals surface area contributed by atoms with E-state index in [1.807, 2.05) is 6.08 Å². The first-order valence-corrected chi connectivity index (χ1v) is 13.7. The summed E-state index contributed by atoms with van der Waals surface area (Å²) in [7, 11) is 0. The van der Waals surface area contributed by atoms with Gasteiger partial charge in [-0.05, 0) is 137 Å². The van der Waals surface area contributed by atoms with Gasteiger partial charge in [0.15, 0.2) is 0 Å². The van der Waals surface area contributed by atoms with E-state index < -0.39 is 0 Å². The summed E-state index contributed by atoms with van der Waals surface area (Å²) in [6, 6.07) is 6.04. The van der Waals surface area contributed by atoms with Gasteiger partial charge in [0, 0.05) is 0 Å². The SMILES string of the molecule is C=CCCc1ccc(C2CCC3CC(C4CCC(CC/C=C/C)CC4)CCC3C2)c(F)c1. The van der Waals surface area contributed by atoms with Crippen LogP contribution in [0.4, 0.5) is 4.39 Å². The van der Waals surface area contributed by atoms with Crippen LogP contribution >= 0.6 is 0 Å². The van der Waals surface area contributed by atoms with E-state index in [4.69, 9.17) is 0 Å². The number of hydrogen-bond donors (Lipinski definition) is 0. The van der Waals surface area contributed by atoms with Crippen LogP contribution in [0.3, 0.4) is 0 Å². The first-order chi connectivity index (χ1) is 15.7. The molecule has 0 bridgehead atoms. The maximum absolute atomic E-state index is 14.9. The molecule has 1 heteroatoms. The molecule has 4 rings (SSSR count). The Kier molecular flexibility index (Phi) is 8.67. The molecule has 4 unspecified atom stereocenters. The van der Waals surface area contributed by atoms with Gasteiger partial charge < -0.3 is 0 Å². The van der Waals surface area contributed by atoms with Crippen molar-refractivity contribution in [1.29, 1.82) is 0 Å². The van der Waals surface area contributed by atoms with Gasteiger partial charge in [0.2, 0.25) is 0 Å². The van der Waals surface area contributed by atoms with Gasteiger partial charge in [0.25, 0.3) is 0 Å². The molecule has 1 aromatic rings. The zero-order valence-electron chi connectivity index (χ0n) is 20.4. The average molecular weight is 437 g/mol. The Labute approximate surface area is 196 Å². The van der Waals surface area contributed by atoms with Crippen molar-refractivity contribution in [2.45, 2.75) is 103 Å². The van der Waals surface area contributed by atoms with Crippen molar-refractivity contribution in [2.24, 2.45) is 29.6 Å². The molecule has 1 aromatic carbocycles. The van der Waals surface area contributed by atoms with Gasteiger partial charge in [-0.3, -0.25) is 0 Å². The second-order valence-electron chi connectivity index (χ2n) is 11.2. The maximum atomic E-state index is 14.9. The van der Waals surface area contributed by atoms with Crippen molar-refractivity contribution in [2.75, 3.05) is 0 Å². The van der Waals surface area contributed by atoms with Crippen LogP contribution < -0.4 is 0 Å². The van der Waals surface area contributed by atoms with E-state index in [1.165, 1.54) is 77.0 Å². The maximum Gasteiger partial charge on any atom is 0.126 e. The molecule has 0 nitrogen and oxygen atoms in total. The molecule has 3 aliphatic carbocycles. The standard InChI is InChI=1S/C31H45F/c1-3-5-7-9-23-10-13-25(14-11-23)26-15-16-28-22-29(18-17-27(28)21-26)30-19-12-24(8-6-4-2)20-31(30)32/h3-5,12,19-20,23,25-29H,2,6-11,13-18,21-22H2,1H3/b5-3+. The van der Waals surface area contributed by atoms with Gasteiger partial charge in [-0.25, -0.2) is 4.39 Å². The van der Waals surface area contributed by atoms with E-state index in [-0.39, 0.29) is 5.82 Å². The summed E-state index contributed by atoms with van der Waals surface area (Å²) < 4.78 is 14.9. The lowest BCUT2D eigenvalue weighted by Gasteiger charge is -2.45. The van der Waals surface area contributed by atoms with Crippen molar-refractivity contribution >= 4 is 0 Å². The Hall–Kier alpha value is -1.37. The van der Waals surface area contributed by atoms with E-state index in [0.717, 1.165) is 53.6 Å². The molecule has 32 heavy (non-hydrogen) atoms. The highest BCUT2D eigenvalue weighted by molar-refractivity contribution is 5.28. The van der Waals surface area contributed by atoms with Crippen LogP contribution in [-0.2, 0) is 6.42 Å². The zero-order chi connectivity index (χ0) is 22.3. The molecule has 0 heterocycles. The molecule has 0 aliphatic heterocycles. The van der Waals surface area contributed by atoms with Crippen molar-refractivity contribution < 1.29 is 4.39 Å². The predicted molar refractivity (Wildman–Crippen MR) is 135 cm³/mol. The van der Waals surface area contributed by atoms with E-state index in [0.29, 0.717) is 5.92 Å². The monoisotopic (exact) mass is 436 g/mol. The Balaban J connectivity index is 1.26. The molecule has 3 saturated carbocycles. The molecular formula is C31H45F. The highest BCUT2D eigenvalue weighted by Crippen LogP contribution is 2.51. The molecule has 0 saturated heterocycles. The third-order valence-electron chi connectivity index (χ3n) is 9.33. The van der Waals surface area contributed by atoms with Gasteiger partial charge in [-0.2, -0.15) is 0 Å². The smallest absolute Gasteiger partial charge is 0.126 e. The van der Waals surface area contributed by atoms with Crippen LogP contribution in [0.2, 0.25) is 0 Å². The average Bonchev–Trinajstić information content (AvgIpc) is 2.83. The number of fused-ring (bicyclic) bond motifs is 1. The topological polar surface area (TPSA) is 0 Å². The Bertz CT molecular complexity index is 754. The van der Waals surface area contributed by atoms with E-state index in [9.17, 15) is 4.39 Å². The summed E-state index contributed by atoms with van der Waals surface area (Å²) in [6.45, 7) is 5.92. The van der Waals surface area contributed by atoms with Crippen LogP contribution in [0.25, 0.3) is 0 Å². The number of halogens is 1. The highest BCUT2D eigenvalue weighted by atomic mass is 19.1. The Morgan fingerprint density at radius 2 is 1.56 bits per heavy atom. The Morgan fingerprint density at radius 1 is 0.875 bits per heavy atom. The molecule has 0 radical (unpaired) electrons. The van der Waals surface area contributed by atoms with Gasteiger partial charge in [0.1, 0.15) is 5.82 Å². The summed E-state index contributed by atoms with van der Waals surface area (Å²) in [5.41, 5.74) is 2.10. The van der Waals surface area contributed by atoms with Crippen LogP contribution in [0.1, 0.15) is 107 Å². The second-order valence-corrected chi connectivity index (χ2v) is 11.2. The molecule has 0 N–H and O–H groups in total. The van der Waals surface area contributed by atoms with Gasteiger partial charge in [0.05, 0.1) is 0 Å². The largest absolute Gasteiger partial charge is 0.207 e. The van der Waals surface area contributed by atoms with Gasteiger partial charge in [-0.15, -0.1) is 6.58 Å². The summed E-state index contributed by atoms with van der Waals surface area (Å²) in [5, 5.41) is 0. The van der Waals surface area contributed by atoms with Gasteiger partial charge in [-0.1, -0.05) is 43.2 Å². The highest BCUT2D eigenvalue weighted by Gasteiger charge is 2.39. The molecule has 3 fully saturated rings. The van der Waals surface area contributed by atoms with Crippen molar-refractivity contribution in [3.05, 3.63) is 60.0 Å². The molecule has 0 aromatic heterocycles. The van der Waals surface area contributed by atoms with E-state index in [1.54, 1.807) is 6.07 Å². The van der Waals surface area contributed by atoms with Gasteiger partial charge >= 0.3 is 0 Å². The molecule has 3 aliphatic rings. The quantitative estimate of drug-likeness (QED) is 0.356. The number of allylic oxidation sites excluding steroid dienone is 3. The summed E-state index contributed by atoms with van der Waals surface area (Å²) >= 11 is 0. The van der Waals surface area contributed by atoms with Crippen molar-refractivity contribution in [3.8, 4) is 0 Å². The first-order valence-electron chi connectivity index (χ1n) is 13.7. The second kappa shape index (κ2) is 11.7. The fourth-order valence-electron chi connectivity index (χ4n) is 7.41. The van der Waals surface area contributed by atoms with E-state index in [2.05, 4.69) is 37.8 Å². The molecule has 0 amide bonds. The summed E-state index contributed by atoms with van der Waals surface area (Å²) in [5.74, 6) is 5.17. The third kappa shape index (κ3) is 5.95. The molecule has 176 valence electrons. The van der Waals surface area contributed by atoms with Crippen LogP contribution in [0.5, 0.6) is 0 Å². The fourth-order valence-corrected chi connectivity index (χ4v) is 7.41. The van der Waals surface area contributed by atoms with E-state index >= 15 is 0 Å². The lowest BCUT2D eigenvalue weighted by molar-refractivity contribution is 0.0709. The minimum atomic E-state index is 0.0369. The summed E-state index contributed by atoms with van der Waals surface area (Å²) in [4.78, 5) is 0. The zero-order valence-corrected chi connectivity index (χ0v) is 20.4. The lowest BCUT2D eigenvalue weighted by atomic mass is 9.60. The lowest BCUT2D eigenvalue weighted by Crippen LogP contribution is -2.34. The minimum Gasteiger partial charge on any atom is -0.207 e. The molecular weight excluding hydrogens is 391 g/mol. The van der Waals surface area contributed by atoms with Crippen molar-refractivity contribution in [1.82, 2.24) is 0 Å². The Morgan fingerprint density at radius 3 is 2.28 bits per heavy atom.